The molecule has 2 rings (SSSR count). The van der Waals surface area contributed by atoms with Gasteiger partial charge in [0.15, 0.2) is 0 Å². The lowest BCUT2D eigenvalue weighted by molar-refractivity contribution is 0.0606. The van der Waals surface area contributed by atoms with Crippen molar-refractivity contribution in [2.24, 2.45) is 0 Å². The van der Waals surface area contributed by atoms with Crippen LogP contribution < -0.4 is 0 Å². The molecule has 1 aromatic carbocycles. The Kier molecular flexibility index (Phi) is 5.80. The van der Waals surface area contributed by atoms with Crippen LogP contribution in [-0.2, 0) is 6.42 Å². The Morgan fingerprint density at radius 1 is 1.33 bits per heavy atom. The lowest BCUT2D eigenvalue weighted by atomic mass is 10.0. The first-order valence-corrected chi connectivity index (χ1v) is 8.20. The number of nitrogens with zero attached hydrogens (tertiary/aromatic N) is 1. The van der Waals surface area contributed by atoms with Gasteiger partial charge in [-0.25, -0.2) is 0 Å². The van der Waals surface area contributed by atoms with Crippen LogP contribution >= 0.6 is 0 Å². The number of carbonyl (C=O) groups is 1. The number of benzene rings is 1. The second-order valence-electron chi connectivity index (χ2n) is 6.10. The number of amides is 1. The van der Waals surface area contributed by atoms with Crippen molar-refractivity contribution in [1.82, 2.24) is 4.90 Å². The topological polar surface area (TPSA) is 40.5 Å². The van der Waals surface area contributed by atoms with Crippen LogP contribution in [0.4, 0.5) is 0 Å². The third-order valence-corrected chi connectivity index (χ3v) is 4.38. The second-order valence-corrected chi connectivity index (χ2v) is 6.10. The molecular formula is C18H27NO2. The van der Waals surface area contributed by atoms with Gasteiger partial charge in [0, 0.05) is 18.2 Å². The van der Waals surface area contributed by atoms with Crippen LogP contribution in [0, 0.1) is 0 Å². The number of aliphatic hydroxyl groups excluding tert-OH is 1. The molecule has 1 aliphatic rings. The summed E-state index contributed by atoms with van der Waals surface area (Å²) in [6.07, 6.45) is 5.59. The average molecular weight is 289 g/mol. The highest BCUT2D eigenvalue weighted by Crippen LogP contribution is 2.24. The molecule has 1 fully saturated rings. The molecule has 2 unspecified atom stereocenters. The van der Waals surface area contributed by atoms with Crippen molar-refractivity contribution in [3.63, 3.8) is 0 Å². The van der Waals surface area contributed by atoms with Gasteiger partial charge >= 0.3 is 0 Å². The molecule has 1 heterocycles. The lowest BCUT2D eigenvalue weighted by Crippen LogP contribution is -2.41. The van der Waals surface area contributed by atoms with Crippen molar-refractivity contribution >= 4 is 5.91 Å². The molecule has 3 heteroatoms. The summed E-state index contributed by atoms with van der Waals surface area (Å²) in [4.78, 5) is 15.0. The number of likely N-dealkylation sites (tertiary alicyclic amines) is 1. The standard InChI is InChI=1S/C18H27NO2/c1-3-15-9-6-7-11-17(15)18(21)19-12-8-4-5-10-16(19)13-14(2)20/h6-7,9,11,14,16,20H,3-5,8,10,12-13H2,1-2H3. The van der Waals surface area contributed by atoms with Crippen molar-refractivity contribution in [2.75, 3.05) is 6.54 Å². The van der Waals surface area contributed by atoms with E-state index in [9.17, 15) is 9.90 Å². The highest BCUT2D eigenvalue weighted by atomic mass is 16.3. The molecule has 116 valence electrons. The minimum atomic E-state index is -0.357. The number of carbonyl (C=O) groups excluding carboxylic acids is 1. The summed E-state index contributed by atoms with van der Waals surface area (Å²) < 4.78 is 0. The Labute approximate surface area is 128 Å². The Hall–Kier alpha value is -1.35. The molecule has 2 atom stereocenters. The van der Waals surface area contributed by atoms with E-state index in [2.05, 4.69) is 6.92 Å². The highest BCUT2D eigenvalue weighted by Gasteiger charge is 2.27. The summed E-state index contributed by atoms with van der Waals surface area (Å²) in [5.74, 6) is 0.139. The van der Waals surface area contributed by atoms with Crippen LogP contribution in [0.25, 0.3) is 0 Å². The van der Waals surface area contributed by atoms with E-state index in [1.807, 2.05) is 36.1 Å². The number of rotatable bonds is 4. The normalized spacial score (nSPS) is 20.9. The minimum absolute atomic E-state index is 0.139. The molecule has 1 amide bonds. The van der Waals surface area contributed by atoms with Gasteiger partial charge in [-0.1, -0.05) is 38.0 Å². The fraction of sp³-hybridized carbons (Fsp3) is 0.611. The van der Waals surface area contributed by atoms with E-state index < -0.39 is 0 Å². The number of hydrogen-bond acceptors (Lipinski definition) is 2. The summed E-state index contributed by atoms with van der Waals surface area (Å²) in [7, 11) is 0. The SMILES string of the molecule is CCc1ccccc1C(=O)N1CCCCCC1CC(C)O. The monoisotopic (exact) mass is 289 g/mol. The maximum Gasteiger partial charge on any atom is 0.254 e. The Morgan fingerprint density at radius 2 is 2.10 bits per heavy atom. The number of aryl methyl sites for hydroxylation is 1. The zero-order valence-corrected chi connectivity index (χ0v) is 13.2. The van der Waals surface area contributed by atoms with E-state index in [1.54, 1.807) is 0 Å². The maximum absolute atomic E-state index is 13.0. The second kappa shape index (κ2) is 7.60. The van der Waals surface area contributed by atoms with Crippen LogP contribution in [-0.4, -0.2) is 34.6 Å². The van der Waals surface area contributed by atoms with Crippen molar-refractivity contribution < 1.29 is 9.90 Å². The van der Waals surface area contributed by atoms with Gasteiger partial charge in [-0.3, -0.25) is 4.79 Å². The summed E-state index contributed by atoms with van der Waals surface area (Å²) in [5, 5.41) is 9.73. The van der Waals surface area contributed by atoms with E-state index in [0.717, 1.165) is 43.4 Å². The van der Waals surface area contributed by atoms with E-state index in [1.165, 1.54) is 6.42 Å². The van der Waals surface area contributed by atoms with E-state index in [-0.39, 0.29) is 18.1 Å². The Morgan fingerprint density at radius 3 is 2.81 bits per heavy atom. The molecule has 1 aromatic rings. The first-order valence-electron chi connectivity index (χ1n) is 8.20. The molecule has 3 nitrogen and oxygen atoms in total. The van der Waals surface area contributed by atoms with Crippen molar-refractivity contribution in [3.05, 3.63) is 35.4 Å². The summed E-state index contributed by atoms with van der Waals surface area (Å²) >= 11 is 0. The van der Waals surface area contributed by atoms with Gasteiger partial charge in [0.25, 0.3) is 5.91 Å². The van der Waals surface area contributed by atoms with Gasteiger partial charge in [-0.05, 0) is 44.2 Å². The molecule has 0 spiro atoms. The molecule has 0 aliphatic carbocycles. The zero-order valence-electron chi connectivity index (χ0n) is 13.2. The molecular weight excluding hydrogens is 262 g/mol. The molecule has 1 N–H and O–H groups in total. The molecule has 0 saturated carbocycles. The maximum atomic E-state index is 13.0. The predicted octanol–water partition coefficient (Wildman–Crippen LogP) is 3.40. The van der Waals surface area contributed by atoms with Crippen molar-refractivity contribution in [3.8, 4) is 0 Å². The van der Waals surface area contributed by atoms with Crippen LogP contribution in [0.15, 0.2) is 24.3 Å². The van der Waals surface area contributed by atoms with Gasteiger partial charge in [-0.15, -0.1) is 0 Å². The smallest absolute Gasteiger partial charge is 0.254 e. The van der Waals surface area contributed by atoms with Gasteiger partial charge < -0.3 is 10.0 Å². The first-order chi connectivity index (χ1) is 10.1. The molecule has 0 bridgehead atoms. The van der Waals surface area contributed by atoms with Crippen LogP contribution in [0.1, 0.15) is 61.9 Å². The molecule has 0 radical (unpaired) electrons. The summed E-state index contributed by atoms with van der Waals surface area (Å²) in [6.45, 7) is 4.71. The van der Waals surface area contributed by atoms with E-state index in [4.69, 9.17) is 0 Å². The molecule has 1 saturated heterocycles. The zero-order chi connectivity index (χ0) is 15.2. The van der Waals surface area contributed by atoms with Crippen LogP contribution in [0.3, 0.4) is 0 Å². The predicted molar refractivity (Wildman–Crippen MR) is 85.4 cm³/mol. The summed E-state index contributed by atoms with van der Waals surface area (Å²) in [5.41, 5.74) is 1.94. The quantitative estimate of drug-likeness (QED) is 0.923. The fourth-order valence-corrected chi connectivity index (χ4v) is 3.28. The Bertz CT molecular complexity index is 470. The highest BCUT2D eigenvalue weighted by molar-refractivity contribution is 5.96. The number of hydrogen-bond donors (Lipinski definition) is 1. The fourth-order valence-electron chi connectivity index (χ4n) is 3.28. The average Bonchev–Trinajstić information content (AvgIpc) is 2.71. The van der Waals surface area contributed by atoms with E-state index in [0.29, 0.717) is 6.42 Å². The number of aliphatic hydroxyl groups is 1. The van der Waals surface area contributed by atoms with Crippen LogP contribution in [0.2, 0.25) is 0 Å². The summed E-state index contributed by atoms with van der Waals surface area (Å²) in [6, 6.07) is 8.07. The third kappa shape index (κ3) is 4.07. The Balaban J connectivity index is 2.24. The van der Waals surface area contributed by atoms with Crippen molar-refractivity contribution in [1.29, 1.82) is 0 Å². The largest absolute Gasteiger partial charge is 0.393 e. The van der Waals surface area contributed by atoms with E-state index >= 15 is 0 Å². The first kappa shape index (κ1) is 16.0. The van der Waals surface area contributed by atoms with Gasteiger partial charge in [0.1, 0.15) is 0 Å². The molecule has 21 heavy (non-hydrogen) atoms. The van der Waals surface area contributed by atoms with Gasteiger partial charge in [0.2, 0.25) is 0 Å². The molecule has 0 aromatic heterocycles. The third-order valence-electron chi connectivity index (χ3n) is 4.38. The lowest BCUT2D eigenvalue weighted by Gasteiger charge is -2.31. The van der Waals surface area contributed by atoms with Gasteiger partial charge in [-0.2, -0.15) is 0 Å². The van der Waals surface area contributed by atoms with Crippen LogP contribution in [0.5, 0.6) is 0 Å². The van der Waals surface area contributed by atoms with Gasteiger partial charge in [0.05, 0.1) is 6.10 Å². The molecule has 1 aliphatic heterocycles. The minimum Gasteiger partial charge on any atom is -0.393 e. The van der Waals surface area contributed by atoms with Crippen molar-refractivity contribution in [2.45, 2.75) is 64.5 Å².